The molecule has 1 aliphatic rings. The quantitative estimate of drug-likeness (QED) is 0.713. The van der Waals surface area contributed by atoms with Crippen molar-refractivity contribution in [2.75, 3.05) is 0 Å². The highest BCUT2D eigenvalue weighted by atomic mass is 35.7. The molecule has 0 bridgehead atoms. The fourth-order valence-corrected chi connectivity index (χ4v) is 3.55. The fraction of sp³-hybridized carbons (Fsp3) is 0.100. The highest BCUT2D eigenvalue weighted by molar-refractivity contribution is 8.14. The molecule has 0 fully saturated rings. The van der Waals surface area contributed by atoms with Gasteiger partial charge in [0, 0.05) is 10.9 Å². The Morgan fingerprint density at radius 3 is 2.53 bits per heavy atom. The number of aliphatic hydroxyl groups excluding tert-OH is 1. The fourth-order valence-electron chi connectivity index (χ4n) is 1.45. The Morgan fingerprint density at radius 2 is 1.88 bits per heavy atom. The van der Waals surface area contributed by atoms with Gasteiger partial charge in [0.05, 0.1) is 15.1 Å². The van der Waals surface area contributed by atoms with E-state index in [0.29, 0.717) is 16.0 Å². The summed E-state index contributed by atoms with van der Waals surface area (Å²) in [5.41, 5.74) is 1.23. The van der Waals surface area contributed by atoms with Gasteiger partial charge in [0.2, 0.25) is 0 Å². The van der Waals surface area contributed by atoms with Crippen molar-refractivity contribution in [1.29, 1.82) is 0 Å². The van der Waals surface area contributed by atoms with Gasteiger partial charge in [-0.1, -0.05) is 24.3 Å². The number of benzene rings is 1. The zero-order valence-corrected chi connectivity index (χ0v) is 10.3. The maximum absolute atomic E-state index is 10.5. The minimum atomic E-state index is -4.52. The molecule has 5 nitrogen and oxygen atoms in total. The minimum absolute atomic E-state index is 0.0507. The van der Waals surface area contributed by atoms with E-state index in [-0.39, 0.29) is 5.76 Å². The third-order valence-electron chi connectivity index (χ3n) is 2.23. The van der Waals surface area contributed by atoms with Crippen LogP contribution in [0.4, 0.5) is 0 Å². The lowest BCUT2D eigenvalue weighted by molar-refractivity contribution is -1.91. The molecule has 0 saturated heterocycles. The van der Waals surface area contributed by atoms with Crippen LogP contribution in [0.15, 0.2) is 29.2 Å². The molecule has 1 aliphatic heterocycles. The summed E-state index contributed by atoms with van der Waals surface area (Å²) < 4.78 is 36.0. The SMILES string of the molecule is CC1=C(O)c2ccccc2C=S1O[Cl+3]([O-])([O-])[O-]. The van der Waals surface area contributed by atoms with Gasteiger partial charge in [-0.2, -0.15) is 14.0 Å². The predicted molar refractivity (Wildman–Crippen MR) is 55.5 cm³/mol. The van der Waals surface area contributed by atoms with E-state index in [1.807, 2.05) is 0 Å². The van der Waals surface area contributed by atoms with E-state index in [4.69, 9.17) is 0 Å². The number of hydrogen-bond donors (Lipinski definition) is 1. The van der Waals surface area contributed by atoms with E-state index in [0.717, 1.165) is 0 Å². The Balaban J connectivity index is 2.48. The molecule has 0 spiro atoms. The van der Waals surface area contributed by atoms with Gasteiger partial charge in [0.1, 0.15) is 20.3 Å². The molecule has 1 atom stereocenters. The smallest absolute Gasteiger partial charge is 0.140 e. The summed E-state index contributed by atoms with van der Waals surface area (Å²) >= 11 is 0. The van der Waals surface area contributed by atoms with Gasteiger partial charge in [-0.15, -0.1) is 0 Å². The van der Waals surface area contributed by atoms with Crippen molar-refractivity contribution < 1.29 is 33.1 Å². The molecule has 1 aromatic rings. The first-order chi connectivity index (χ1) is 7.88. The lowest BCUT2D eigenvalue weighted by atomic mass is 10.1. The number of halogens is 1. The van der Waals surface area contributed by atoms with Crippen LogP contribution in [0, 0.1) is 10.2 Å². The molecule has 1 unspecified atom stereocenters. The van der Waals surface area contributed by atoms with Crippen LogP contribution in [0.1, 0.15) is 18.1 Å². The molecule has 0 radical (unpaired) electrons. The monoisotopic (exact) mass is 276 g/mol. The maximum atomic E-state index is 10.5. The zero-order chi connectivity index (χ0) is 12.6. The summed E-state index contributed by atoms with van der Waals surface area (Å²) in [6, 6.07) is 6.90. The maximum Gasteiger partial charge on any atom is 0.140 e. The topological polar surface area (TPSA) is 98.6 Å². The van der Waals surface area contributed by atoms with Crippen LogP contribution in [0.2, 0.25) is 0 Å². The summed E-state index contributed by atoms with van der Waals surface area (Å²) in [5, 5.41) is 11.4. The normalized spacial score (nSPS) is 19.9. The average molecular weight is 277 g/mol. The average Bonchev–Trinajstić information content (AvgIpc) is 2.24. The van der Waals surface area contributed by atoms with Crippen molar-refractivity contribution in [3.63, 3.8) is 0 Å². The van der Waals surface area contributed by atoms with E-state index >= 15 is 0 Å². The molecular formula is C10H9ClO5S. The van der Waals surface area contributed by atoms with Gasteiger partial charge in [0.25, 0.3) is 0 Å². The highest BCUT2D eigenvalue weighted by Crippen LogP contribution is 2.38. The van der Waals surface area contributed by atoms with Crippen LogP contribution in [0.5, 0.6) is 0 Å². The Kier molecular flexibility index (Phi) is 3.26. The lowest BCUT2D eigenvalue weighted by Gasteiger charge is -2.18. The molecule has 1 N–H and O–H groups in total. The zero-order valence-electron chi connectivity index (χ0n) is 8.75. The van der Waals surface area contributed by atoms with Crippen LogP contribution in [-0.4, -0.2) is 10.5 Å². The van der Waals surface area contributed by atoms with Crippen LogP contribution in [0.25, 0.3) is 5.76 Å². The first-order valence-electron chi connectivity index (χ1n) is 4.56. The summed E-state index contributed by atoms with van der Waals surface area (Å²) in [5.74, 6) is -0.0507. The van der Waals surface area contributed by atoms with Gasteiger partial charge >= 0.3 is 0 Å². The Labute approximate surface area is 102 Å². The van der Waals surface area contributed by atoms with Gasteiger partial charge in [-0.3, -0.25) is 0 Å². The molecular weight excluding hydrogens is 268 g/mol. The predicted octanol–water partition coefficient (Wildman–Crippen LogP) is -0.805. The minimum Gasteiger partial charge on any atom is -0.506 e. The number of aliphatic hydroxyl groups is 1. The van der Waals surface area contributed by atoms with Gasteiger partial charge in [-0.25, -0.2) is 0 Å². The third kappa shape index (κ3) is 2.68. The Morgan fingerprint density at radius 1 is 1.24 bits per heavy atom. The van der Waals surface area contributed by atoms with Gasteiger partial charge in [0.15, 0.2) is 0 Å². The molecule has 1 aromatic carbocycles. The Bertz CT molecular complexity index is 518. The molecule has 0 amide bonds. The summed E-state index contributed by atoms with van der Waals surface area (Å²) in [6.45, 7) is 1.52. The molecule has 0 aliphatic carbocycles. The number of fused-ring (bicyclic) bond motifs is 1. The lowest BCUT2D eigenvalue weighted by Crippen LogP contribution is -2.60. The molecule has 2 rings (SSSR count). The number of rotatable bonds is 2. The second-order valence-corrected chi connectivity index (χ2v) is 6.05. The summed E-state index contributed by atoms with van der Waals surface area (Å²) in [6.07, 6.45) is 0. The first-order valence-corrected chi connectivity index (χ1v) is 7.01. The number of hydrogen-bond acceptors (Lipinski definition) is 5. The third-order valence-corrected chi connectivity index (χ3v) is 4.66. The highest BCUT2D eigenvalue weighted by Gasteiger charge is 2.28. The van der Waals surface area contributed by atoms with E-state index in [1.165, 1.54) is 12.3 Å². The molecule has 0 aromatic heterocycles. The molecule has 17 heavy (non-hydrogen) atoms. The standard InChI is InChI=1S/C10H9ClO5S/c1-7-10(12)9-5-3-2-4-8(9)6-17(7)16-11(13,14)15/h2-6,12H,1H3. The molecule has 1 heterocycles. The van der Waals surface area contributed by atoms with Crippen molar-refractivity contribution in [3.8, 4) is 0 Å². The van der Waals surface area contributed by atoms with E-state index in [1.54, 1.807) is 24.3 Å². The van der Waals surface area contributed by atoms with Crippen LogP contribution in [0.3, 0.4) is 0 Å². The van der Waals surface area contributed by atoms with Crippen molar-refractivity contribution in [2.45, 2.75) is 6.92 Å². The second-order valence-electron chi connectivity index (χ2n) is 3.35. The van der Waals surface area contributed by atoms with Crippen molar-refractivity contribution in [2.24, 2.45) is 0 Å². The second kappa shape index (κ2) is 4.41. The van der Waals surface area contributed by atoms with Crippen molar-refractivity contribution in [1.82, 2.24) is 0 Å². The van der Waals surface area contributed by atoms with Crippen molar-refractivity contribution >= 4 is 21.9 Å². The van der Waals surface area contributed by atoms with E-state index in [9.17, 15) is 19.1 Å². The van der Waals surface area contributed by atoms with Crippen LogP contribution >= 0.6 is 10.8 Å². The summed E-state index contributed by atoms with van der Waals surface area (Å²) in [7, 11) is -5.88. The molecule has 7 heteroatoms. The van der Waals surface area contributed by atoms with E-state index < -0.39 is 21.0 Å². The molecule has 0 saturated carbocycles. The first kappa shape index (κ1) is 12.6. The van der Waals surface area contributed by atoms with Crippen LogP contribution in [-0.2, 0) is 3.74 Å². The Hall–Kier alpha value is -0.890. The van der Waals surface area contributed by atoms with E-state index in [2.05, 4.69) is 3.74 Å². The molecule has 92 valence electrons. The summed E-state index contributed by atoms with van der Waals surface area (Å²) in [4.78, 5) is 0.315. The van der Waals surface area contributed by atoms with Crippen molar-refractivity contribution in [3.05, 3.63) is 40.3 Å². The number of allylic oxidation sites excluding steroid dienone is 1. The van der Waals surface area contributed by atoms with Gasteiger partial charge < -0.3 is 5.11 Å². The van der Waals surface area contributed by atoms with Crippen LogP contribution < -0.4 is 14.0 Å². The van der Waals surface area contributed by atoms with Gasteiger partial charge in [-0.05, 0) is 12.5 Å². The largest absolute Gasteiger partial charge is 0.506 e.